The van der Waals surface area contributed by atoms with Crippen LogP contribution < -0.4 is 5.32 Å². The van der Waals surface area contributed by atoms with Crippen molar-refractivity contribution < 1.29 is 0 Å². The molecule has 1 heteroatoms. The maximum absolute atomic E-state index is 3.78. The molecule has 1 aromatic rings. The first kappa shape index (κ1) is 15.2. The van der Waals surface area contributed by atoms with Crippen LogP contribution in [0, 0.1) is 5.92 Å². The molecule has 0 fully saturated rings. The highest BCUT2D eigenvalue weighted by molar-refractivity contribution is 5.15. The lowest BCUT2D eigenvalue weighted by molar-refractivity contribution is 0.365. The van der Waals surface area contributed by atoms with Crippen molar-refractivity contribution in [1.29, 1.82) is 0 Å². The molecular weight excluding hydrogens is 218 g/mol. The summed E-state index contributed by atoms with van der Waals surface area (Å²) in [6, 6.07) is 12.0. The van der Waals surface area contributed by atoms with Gasteiger partial charge in [-0.05, 0) is 37.7 Å². The van der Waals surface area contributed by atoms with E-state index < -0.39 is 0 Å². The van der Waals surface area contributed by atoms with E-state index in [-0.39, 0.29) is 0 Å². The van der Waals surface area contributed by atoms with Gasteiger partial charge in [-0.2, -0.15) is 0 Å². The Balaban J connectivity index is 2.42. The molecule has 1 rings (SSSR count). The van der Waals surface area contributed by atoms with Gasteiger partial charge in [-0.15, -0.1) is 0 Å². The average molecular weight is 247 g/mol. The molecule has 0 spiro atoms. The number of benzene rings is 1. The molecule has 1 nitrogen and oxygen atoms in total. The zero-order valence-corrected chi connectivity index (χ0v) is 12.4. The van der Waals surface area contributed by atoms with Gasteiger partial charge in [0.05, 0.1) is 0 Å². The second kappa shape index (κ2) is 8.31. The first-order chi connectivity index (χ1) is 8.65. The van der Waals surface area contributed by atoms with Crippen molar-refractivity contribution in [3.63, 3.8) is 0 Å². The second-order valence-electron chi connectivity index (χ2n) is 5.61. The highest BCUT2D eigenvalue weighted by Gasteiger charge is 2.12. The molecule has 102 valence electrons. The van der Waals surface area contributed by atoms with Crippen molar-refractivity contribution in [3.05, 3.63) is 35.9 Å². The summed E-state index contributed by atoms with van der Waals surface area (Å²) >= 11 is 0. The Morgan fingerprint density at radius 1 is 1.00 bits per heavy atom. The third-order valence-corrected chi connectivity index (χ3v) is 3.79. The highest BCUT2D eigenvalue weighted by Crippen LogP contribution is 2.12. The quantitative estimate of drug-likeness (QED) is 0.717. The van der Waals surface area contributed by atoms with E-state index in [1.54, 1.807) is 0 Å². The van der Waals surface area contributed by atoms with Crippen LogP contribution in [0.5, 0.6) is 0 Å². The van der Waals surface area contributed by atoms with Gasteiger partial charge in [0.2, 0.25) is 0 Å². The van der Waals surface area contributed by atoms with Gasteiger partial charge in [0.15, 0.2) is 0 Å². The molecule has 0 heterocycles. The lowest BCUT2D eigenvalue weighted by atomic mass is 9.98. The summed E-state index contributed by atoms with van der Waals surface area (Å²) in [6.07, 6.45) is 4.89. The Hall–Kier alpha value is -0.820. The number of rotatable bonds is 8. The van der Waals surface area contributed by atoms with Crippen LogP contribution in [-0.4, -0.2) is 12.1 Å². The van der Waals surface area contributed by atoms with Crippen LogP contribution >= 0.6 is 0 Å². The van der Waals surface area contributed by atoms with Gasteiger partial charge in [-0.1, -0.05) is 57.5 Å². The number of nitrogens with one attached hydrogen (secondary N) is 1. The van der Waals surface area contributed by atoms with Gasteiger partial charge in [0, 0.05) is 12.1 Å². The average Bonchev–Trinajstić information content (AvgIpc) is 2.38. The van der Waals surface area contributed by atoms with E-state index in [4.69, 9.17) is 0 Å². The fourth-order valence-corrected chi connectivity index (χ4v) is 2.46. The van der Waals surface area contributed by atoms with Crippen molar-refractivity contribution >= 4 is 0 Å². The van der Waals surface area contributed by atoms with E-state index in [1.807, 2.05) is 0 Å². The Kier molecular flexibility index (Phi) is 7.04. The third kappa shape index (κ3) is 5.68. The molecule has 0 saturated heterocycles. The van der Waals surface area contributed by atoms with Crippen molar-refractivity contribution in [2.75, 3.05) is 0 Å². The first-order valence-corrected chi connectivity index (χ1v) is 7.45. The van der Waals surface area contributed by atoms with Gasteiger partial charge < -0.3 is 5.32 Å². The maximum Gasteiger partial charge on any atom is 0.0107 e. The zero-order chi connectivity index (χ0) is 13.4. The molecule has 3 atom stereocenters. The maximum atomic E-state index is 3.78. The van der Waals surface area contributed by atoms with E-state index in [1.165, 1.54) is 24.8 Å². The van der Waals surface area contributed by atoms with E-state index in [0.29, 0.717) is 12.1 Å². The molecule has 0 aliphatic carbocycles. The minimum absolute atomic E-state index is 0.603. The van der Waals surface area contributed by atoms with Gasteiger partial charge in [0.25, 0.3) is 0 Å². The van der Waals surface area contributed by atoms with Crippen LogP contribution in [0.25, 0.3) is 0 Å². The topological polar surface area (TPSA) is 12.0 Å². The van der Waals surface area contributed by atoms with E-state index in [2.05, 4.69) is 63.3 Å². The number of hydrogen-bond donors (Lipinski definition) is 1. The van der Waals surface area contributed by atoms with Crippen molar-refractivity contribution in [2.45, 2.75) is 65.5 Å². The van der Waals surface area contributed by atoms with E-state index >= 15 is 0 Å². The predicted molar refractivity (Wildman–Crippen MR) is 80.9 cm³/mol. The van der Waals surface area contributed by atoms with Crippen LogP contribution in [-0.2, 0) is 6.42 Å². The fourth-order valence-electron chi connectivity index (χ4n) is 2.46. The largest absolute Gasteiger partial charge is 0.311 e. The lowest BCUT2D eigenvalue weighted by Crippen LogP contribution is -2.38. The van der Waals surface area contributed by atoms with Crippen molar-refractivity contribution in [2.24, 2.45) is 5.92 Å². The van der Waals surface area contributed by atoms with Crippen LogP contribution in [0.4, 0.5) is 0 Å². The summed E-state index contributed by atoms with van der Waals surface area (Å²) in [5.41, 5.74) is 1.44. The first-order valence-electron chi connectivity index (χ1n) is 7.45. The summed E-state index contributed by atoms with van der Waals surface area (Å²) in [5.74, 6) is 0.821. The standard InChI is InChI=1S/C17H29N/c1-5-14(3)12-15(4)18-17(6-2)13-16-10-8-7-9-11-16/h7-11,14-15,17-18H,5-6,12-13H2,1-4H3. The molecule has 0 bridgehead atoms. The van der Waals surface area contributed by atoms with Crippen LogP contribution in [0.2, 0.25) is 0 Å². The Bertz CT molecular complexity index is 307. The van der Waals surface area contributed by atoms with Gasteiger partial charge in [0.1, 0.15) is 0 Å². The predicted octanol–water partition coefficient (Wildman–Crippen LogP) is 4.42. The molecule has 0 aliphatic heterocycles. The van der Waals surface area contributed by atoms with Gasteiger partial charge in [-0.25, -0.2) is 0 Å². The summed E-state index contributed by atoms with van der Waals surface area (Å²) in [7, 11) is 0. The van der Waals surface area contributed by atoms with Gasteiger partial charge in [-0.3, -0.25) is 0 Å². The fraction of sp³-hybridized carbons (Fsp3) is 0.647. The van der Waals surface area contributed by atoms with Crippen LogP contribution in [0.15, 0.2) is 30.3 Å². The molecule has 0 amide bonds. The zero-order valence-electron chi connectivity index (χ0n) is 12.4. The summed E-state index contributed by atoms with van der Waals surface area (Å²) in [6.45, 7) is 9.21. The van der Waals surface area contributed by atoms with E-state index in [0.717, 1.165) is 12.3 Å². The third-order valence-electron chi connectivity index (χ3n) is 3.79. The second-order valence-corrected chi connectivity index (χ2v) is 5.61. The SMILES string of the molecule is CCC(C)CC(C)NC(CC)Cc1ccccc1. The molecule has 1 N–H and O–H groups in total. The highest BCUT2D eigenvalue weighted by atomic mass is 14.9. The molecule has 0 aromatic heterocycles. The summed E-state index contributed by atoms with van der Waals surface area (Å²) in [4.78, 5) is 0. The minimum atomic E-state index is 0.603. The summed E-state index contributed by atoms with van der Waals surface area (Å²) < 4.78 is 0. The molecule has 18 heavy (non-hydrogen) atoms. The van der Waals surface area contributed by atoms with Crippen molar-refractivity contribution in [1.82, 2.24) is 5.32 Å². The van der Waals surface area contributed by atoms with E-state index in [9.17, 15) is 0 Å². The van der Waals surface area contributed by atoms with Crippen molar-refractivity contribution in [3.8, 4) is 0 Å². The monoisotopic (exact) mass is 247 g/mol. The smallest absolute Gasteiger partial charge is 0.0107 e. The molecular formula is C17H29N. The summed E-state index contributed by atoms with van der Waals surface area (Å²) in [5, 5.41) is 3.78. The molecule has 3 unspecified atom stereocenters. The molecule has 0 saturated carbocycles. The molecule has 0 aliphatic rings. The Labute approximate surface area is 113 Å². The minimum Gasteiger partial charge on any atom is -0.311 e. The normalized spacial score (nSPS) is 16.2. The molecule has 1 aromatic carbocycles. The lowest BCUT2D eigenvalue weighted by Gasteiger charge is -2.24. The van der Waals surface area contributed by atoms with Crippen LogP contribution in [0.3, 0.4) is 0 Å². The van der Waals surface area contributed by atoms with Gasteiger partial charge >= 0.3 is 0 Å². The number of hydrogen-bond acceptors (Lipinski definition) is 1. The Morgan fingerprint density at radius 3 is 2.22 bits per heavy atom. The van der Waals surface area contributed by atoms with Crippen LogP contribution in [0.1, 0.15) is 52.5 Å². The Morgan fingerprint density at radius 2 is 1.67 bits per heavy atom. The molecule has 0 radical (unpaired) electrons.